The quantitative estimate of drug-likeness (QED) is 0.726. The maximum atomic E-state index is 12.0. The molecule has 0 aromatic carbocycles. The second kappa shape index (κ2) is 6.41. The van der Waals surface area contributed by atoms with Gasteiger partial charge < -0.3 is 15.0 Å². The molecule has 0 unspecified atom stereocenters. The van der Waals surface area contributed by atoms with E-state index in [-0.39, 0.29) is 12.1 Å². The fraction of sp³-hybridized carbons (Fsp3) is 0.250. The number of amides is 1. The van der Waals surface area contributed by atoms with Crippen LogP contribution in [0.15, 0.2) is 31.1 Å². The molecular formula is C12H13N5O3. The van der Waals surface area contributed by atoms with Crippen molar-refractivity contribution >= 4 is 11.9 Å². The molecule has 0 saturated heterocycles. The van der Waals surface area contributed by atoms with Crippen molar-refractivity contribution in [3.8, 4) is 0 Å². The Balaban J connectivity index is 2.08. The van der Waals surface area contributed by atoms with Gasteiger partial charge in [0.25, 0.3) is 5.91 Å². The van der Waals surface area contributed by atoms with Crippen molar-refractivity contribution in [2.24, 2.45) is 0 Å². The third-order valence-corrected chi connectivity index (χ3v) is 2.57. The second-order valence-corrected chi connectivity index (χ2v) is 3.92. The molecule has 20 heavy (non-hydrogen) atoms. The van der Waals surface area contributed by atoms with Crippen molar-refractivity contribution in [3.63, 3.8) is 0 Å². The van der Waals surface area contributed by atoms with Gasteiger partial charge in [-0.2, -0.15) is 0 Å². The first-order valence-electron chi connectivity index (χ1n) is 5.82. The summed E-state index contributed by atoms with van der Waals surface area (Å²) in [6.07, 6.45) is 7.49. The normalized spacial score (nSPS) is 11.7. The molecule has 0 aliphatic rings. The summed E-state index contributed by atoms with van der Waals surface area (Å²) in [5.74, 6) is -1.04. The van der Waals surface area contributed by atoms with Crippen LogP contribution in [0.1, 0.15) is 16.2 Å². The first-order chi connectivity index (χ1) is 9.70. The minimum absolute atomic E-state index is 0.131. The lowest BCUT2D eigenvalue weighted by atomic mass is 10.1. The summed E-state index contributed by atoms with van der Waals surface area (Å²) in [4.78, 5) is 38.0. The van der Waals surface area contributed by atoms with Gasteiger partial charge in [-0.05, 0) is 0 Å². The van der Waals surface area contributed by atoms with E-state index in [9.17, 15) is 9.59 Å². The Morgan fingerprint density at radius 2 is 2.20 bits per heavy atom. The standard InChI is InChI=1S/C12H13N5O3/c1-20-12(19)9(4-8-5-14-7-16-8)17-11(18)10-6-13-2-3-15-10/h2-3,5-7,9H,4H2,1H3,(H,14,16)(H,17,18)/t9-/m0/s1. The van der Waals surface area contributed by atoms with E-state index in [1.807, 2.05) is 0 Å². The van der Waals surface area contributed by atoms with Crippen LogP contribution in [-0.4, -0.2) is 45.0 Å². The maximum absolute atomic E-state index is 12.0. The molecule has 1 amide bonds. The van der Waals surface area contributed by atoms with E-state index in [1.54, 1.807) is 6.20 Å². The van der Waals surface area contributed by atoms with Gasteiger partial charge in [0.05, 0.1) is 19.6 Å². The zero-order valence-corrected chi connectivity index (χ0v) is 10.7. The third kappa shape index (κ3) is 3.37. The van der Waals surface area contributed by atoms with E-state index in [2.05, 4.69) is 30.0 Å². The predicted octanol–water partition coefficient (Wildman–Crippen LogP) is -0.286. The molecule has 8 nitrogen and oxygen atoms in total. The topological polar surface area (TPSA) is 110 Å². The van der Waals surface area contributed by atoms with Crippen molar-refractivity contribution in [1.82, 2.24) is 25.3 Å². The molecule has 2 rings (SSSR count). The summed E-state index contributed by atoms with van der Waals surface area (Å²) in [7, 11) is 1.26. The van der Waals surface area contributed by atoms with Crippen molar-refractivity contribution in [2.75, 3.05) is 7.11 Å². The van der Waals surface area contributed by atoms with Gasteiger partial charge in [-0.25, -0.2) is 14.8 Å². The number of imidazole rings is 1. The van der Waals surface area contributed by atoms with Crippen LogP contribution in [0.4, 0.5) is 0 Å². The first-order valence-corrected chi connectivity index (χ1v) is 5.82. The number of carbonyl (C=O) groups excluding carboxylic acids is 2. The molecule has 2 N–H and O–H groups in total. The number of ether oxygens (including phenoxy) is 1. The molecule has 2 heterocycles. The number of esters is 1. The van der Waals surface area contributed by atoms with Crippen molar-refractivity contribution in [1.29, 1.82) is 0 Å². The van der Waals surface area contributed by atoms with Crippen LogP contribution in [0.3, 0.4) is 0 Å². The Hall–Kier alpha value is -2.77. The highest BCUT2D eigenvalue weighted by molar-refractivity contribution is 5.94. The lowest BCUT2D eigenvalue weighted by molar-refractivity contribution is -0.142. The van der Waals surface area contributed by atoms with Crippen LogP contribution < -0.4 is 5.32 Å². The van der Waals surface area contributed by atoms with Gasteiger partial charge in [-0.15, -0.1) is 0 Å². The average molecular weight is 275 g/mol. The molecule has 0 fully saturated rings. The summed E-state index contributed by atoms with van der Waals surface area (Å²) < 4.78 is 4.67. The molecule has 0 aliphatic carbocycles. The van der Waals surface area contributed by atoms with E-state index in [1.165, 1.54) is 32.0 Å². The number of hydrogen-bond donors (Lipinski definition) is 2. The van der Waals surface area contributed by atoms with E-state index in [0.29, 0.717) is 5.69 Å². The van der Waals surface area contributed by atoms with Crippen molar-refractivity contribution in [3.05, 3.63) is 42.5 Å². The third-order valence-electron chi connectivity index (χ3n) is 2.57. The fourth-order valence-corrected chi connectivity index (χ4v) is 1.60. The second-order valence-electron chi connectivity index (χ2n) is 3.92. The van der Waals surface area contributed by atoms with Gasteiger partial charge in [0.1, 0.15) is 11.7 Å². The lowest BCUT2D eigenvalue weighted by Crippen LogP contribution is -2.43. The smallest absolute Gasteiger partial charge is 0.328 e. The number of nitrogens with one attached hydrogen (secondary N) is 2. The molecule has 8 heteroatoms. The Labute approximate surface area is 114 Å². The molecule has 104 valence electrons. The largest absolute Gasteiger partial charge is 0.467 e. The number of aromatic nitrogens is 4. The summed E-state index contributed by atoms with van der Waals surface area (Å²) in [6, 6.07) is -0.824. The van der Waals surface area contributed by atoms with Gasteiger partial charge >= 0.3 is 5.97 Å². The molecular weight excluding hydrogens is 262 g/mol. The Kier molecular flexibility index (Phi) is 4.38. The van der Waals surface area contributed by atoms with E-state index in [4.69, 9.17) is 0 Å². The Bertz CT molecular complexity index is 570. The maximum Gasteiger partial charge on any atom is 0.328 e. The van der Waals surface area contributed by atoms with Crippen LogP contribution in [0.25, 0.3) is 0 Å². The number of carbonyl (C=O) groups is 2. The molecule has 0 spiro atoms. The predicted molar refractivity (Wildman–Crippen MR) is 67.6 cm³/mol. The zero-order chi connectivity index (χ0) is 14.4. The molecule has 0 bridgehead atoms. The van der Waals surface area contributed by atoms with Crippen LogP contribution in [-0.2, 0) is 16.0 Å². The highest BCUT2D eigenvalue weighted by Crippen LogP contribution is 2.02. The number of rotatable bonds is 5. The van der Waals surface area contributed by atoms with Crippen LogP contribution in [0.2, 0.25) is 0 Å². The SMILES string of the molecule is COC(=O)[C@H](Cc1cnc[nH]1)NC(=O)c1cnccn1. The highest BCUT2D eigenvalue weighted by Gasteiger charge is 2.23. The summed E-state index contributed by atoms with van der Waals surface area (Å²) in [5, 5.41) is 2.56. The number of nitrogens with zero attached hydrogens (tertiary/aromatic N) is 3. The Morgan fingerprint density at radius 3 is 2.80 bits per heavy atom. The number of H-pyrrole nitrogens is 1. The first kappa shape index (κ1) is 13.7. The molecule has 0 aliphatic heterocycles. The summed E-state index contributed by atoms with van der Waals surface area (Å²) in [5.41, 5.74) is 0.839. The molecule has 1 atom stereocenters. The van der Waals surface area contributed by atoms with Gasteiger partial charge in [-0.1, -0.05) is 0 Å². The Morgan fingerprint density at radius 1 is 1.35 bits per heavy atom. The van der Waals surface area contributed by atoms with Crippen LogP contribution in [0, 0.1) is 0 Å². The lowest BCUT2D eigenvalue weighted by Gasteiger charge is -2.15. The zero-order valence-electron chi connectivity index (χ0n) is 10.7. The summed E-state index contributed by atoms with van der Waals surface area (Å²) >= 11 is 0. The minimum Gasteiger partial charge on any atom is -0.467 e. The van der Waals surface area contributed by atoms with Gasteiger partial charge in [0.15, 0.2) is 0 Å². The van der Waals surface area contributed by atoms with E-state index in [0.717, 1.165) is 0 Å². The van der Waals surface area contributed by atoms with Gasteiger partial charge in [0, 0.05) is 30.7 Å². The number of hydrogen-bond acceptors (Lipinski definition) is 6. The minimum atomic E-state index is -0.824. The number of methoxy groups -OCH3 is 1. The van der Waals surface area contributed by atoms with Crippen molar-refractivity contribution < 1.29 is 14.3 Å². The summed E-state index contributed by atoms with van der Waals surface area (Å²) in [6.45, 7) is 0. The van der Waals surface area contributed by atoms with Crippen molar-refractivity contribution in [2.45, 2.75) is 12.5 Å². The van der Waals surface area contributed by atoms with Gasteiger partial charge in [-0.3, -0.25) is 9.78 Å². The number of aromatic amines is 1. The average Bonchev–Trinajstić information content (AvgIpc) is 2.99. The molecule has 2 aromatic rings. The van der Waals surface area contributed by atoms with E-state index >= 15 is 0 Å². The van der Waals surface area contributed by atoms with Crippen LogP contribution >= 0.6 is 0 Å². The van der Waals surface area contributed by atoms with E-state index < -0.39 is 17.9 Å². The monoisotopic (exact) mass is 275 g/mol. The molecule has 2 aromatic heterocycles. The molecule has 0 radical (unpaired) electrons. The van der Waals surface area contributed by atoms with Gasteiger partial charge in [0.2, 0.25) is 0 Å². The molecule has 0 saturated carbocycles. The fourth-order valence-electron chi connectivity index (χ4n) is 1.60. The van der Waals surface area contributed by atoms with Crippen LogP contribution in [0.5, 0.6) is 0 Å². The highest BCUT2D eigenvalue weighted by atomic mass is 16.5.